The Morgan fingerprint density at radius 3 is 2.38 bits per heavy atom. The molecule has 0 aliphatic heterocycles. The first-order valence-corrected chi connectivity index (χ1v) is 5.85. The van der Waals surface area contributed by atoms with E-state index in [1.807, 2.05) is 12.1 Å². The Morgan fingerprint density at radius 1 is 1.19 bits per heavy atom. The minimum Gasteiger partial charge on any atom is -0.497 e. The number of hydrogen-bond donors (Lipinski definition) is 1. The van der Waals surface area contributed by atoms with Crippen molar-refractivity contribution in [2.24, 2.45) is 0 Å². The first kappa shape index (κ1) is 11.1. The zero-order valence-electron chi connectivity index (χ0n) is 9.83. The van der Waals surface area contributed by atoms with Crippen LogP contribution in [-0.4, -0.2) is 13.2 Å². The molecule has 2 rings (SSSR count). The number of benzene rings is 1. The standard InChI is InChI=1S/C14H19NO/c1-11-3-5-12(6-4-11)15-13-7-9-14(16-2)10-8-13/h7-10,12,15H,1,3-6H2,2H3. The Hall–Kier alpha value is -1.44. The maximum absolute atomic E-state index is 5.13. The largest absolute Gasteiger partial charge is 0.497 e. The van der Waals surface area contributed by atoms with Crippen LogP contribution in [0.15, 0.2) is 36.4 Å². The Kier molecular flexibility index (Phi) is 3.50. The van der Waals surface area contributed by atoms with Gasteiger partial charge in [0, 0.05) is 11.7 Å². The van der Waals surface area contributed by atoms with E-state index in [0.29, 0.717) is 6.04 Å². The van der Waals surface area contributed by atoms with Gasteiger partial charge in [-0.25, -0.2) is 0 Å². The molecule has 1 fully saturated rings. The quantitative estimate of drug-likeness (QED) is 0.781. The molecule has 2 nitrogen and oxygen atoms in total. The number of anilines is 1. The second-order valence-electron chi connectivity index (χ2n) is 4.40. The lowest BCUT2D eigenvalue weighted by Gasteiger charge is -2.25. The molecule has 0 unspecified atom stereocenters. The molecular weight excluding hydrogens is 198 g/mol. The van der Waals surface area contributed by atoms with Gasteiger partial charge in [-0.1, -0.05) is 12.2 Å². The van der Waals surface area contributed by atoms with Crippen LogP contribution in [0.5, 0.6) is 5.75 Å². The average molecular weight is 217 g/mol. The molecule has 0 saturated heterocycles. The van der Waals surface area contributed by atoms with E-state index in [1.165, 1.54) is 24.1 Å². The molecule has 86 valence electrons. The van der Waals surface area contributed by atoms with Crippen LogP contribution in [0.1, 0.15) is 25.7 Å². The van der Waals surface area contributed by atoms with Gasteiger partial charge in [-0.2, -0.15) is 0 Å². The molecule has 0 bridgehead atoms. The summed E-state index contributed by atoms with van der Waals surface area (Å²) in [7, 11) is 1.69. The molecule has 0 spiro atoms. The van der Waals surface area contributed by atoms with E-state index in [2.05, 4.69) is 24.0 Å². The fraction of sp³-hybridized carbons (Fsp3) is 0.429. The number of ether oxygens (including phenoxy) is 1. The second kappa shape index (κ2) is 5.06. The Morgan fingerprint density at radius 2 is 1.81 bits per heavy atom. The molecule has 2 heteroatoms. The van der Waals surface area contributed by atoms with E-state index in [9.17, 15) is 0 Å². The lowest BCUT2D eigenvalue weighted by molar-refractivity contribution is 0.415. The number of nitrogens with one attached hydrogen (secondary N) is 1. The van der Waals surface area contributed by atoms with E-state index in [1.54, 1.807) is 7.11 Å². The highest BCUT2D eigenvalue weighted by atomic mass is 16.5. The maximum atomic E-state index is 5.13. The molecule has 16 heavy (non-hydrogen) atoms. The molecular formula is C14H19NO. The van der Waals surface area contributed by atoms with Crippen LogP contribution in [0.4, 0.5) is 5.69 Å². The fourth-order valence-electron chi connectivity index (χ4n) is 2.09. The summed E-state index contributed by atoms with van der Waals surface area (Å²) in [4.78, 5) is 0. The van der Waals surface area contributed by atoms with Gasteiger partial charge in [-0.05, 0) is 49.9 Å². The fourth-order valence-corrected chi connectivity index (χ4v) is 2.09. The number of allylic oxidation sites excluding steroid dienone is 1. The van der Waals surface area contributed by atoms with Gasteiger partial charge in [-0.15, -0.1) is 0 Å². The molecule has 1 aromatic rings. The Balaban J connectivity index is 1.90. The van der Waals surface area contributed by atoms with Gasteiger partial charge < -0.3 is 10.1 Å². The van der Waals surface area contributed by atoms with Crippen molar-refractivity contribution in [2.45, 2.75) is 31.7 Å². The van der Waals surface area contributed by atoms with Crippen molar-refractivity contribution < 1.29 is 4.74 Å². The van der Waals surface area contributed by atoms with Gasteiger partial charge in [0.2, 0.25) is 0 Å². The number of hydrogen-bond acceptors (Lipinski definition) is 2. The van der Waals surface area contributed by atoms with Crippen LogP contribution in [-0.2, 0) is 0 Å². The number of rotatable bonds is 3. The molecule has 1 aromatic carbocycles. The number of methoxy groups -OCH3 is 1. The summed E-state index contributed by atoms with van der Waals surface area (Å²) in [6.07, 6.45) is 4.72. The van der Waals surface area contributed by atoms with Crippen LogP contribution in [0.3, 0.4) is 0 Å². The van der Waals surface area contributed by atoms with Crippen molar-refractivity contribution in [1.29, 1.82) is 0 Å². The zero-order chi connectivity index (χ0) is 11.4. The van der Waals surface area contributed by atoms with Crippen molar-refractivity contribution in [3.63, 3.8) is 0 Å². The maximum Gasteiger partial charge on any atom is 0.119 e. The summed E-state index contributed by atoms with van der Waals surface area (Å²) in [6, 6.07) is 8.72. The van der Waals surface area contributed by atoms with Gasteiger partial charge in [0.15, 0.2) is 0 Å². The minimum absolute atomic E-state index is 0.596. The summed E-state index contributed by atoms with van der Waals surface area (Å²) in [5.41, 5.74) is 2.58. The van der Waals surface area contributed by atoms with Crippen molar-refractivity contribution in [2.75, 3.05) is 12.4 Å². The molecule has 0 radical (unpaired) electrons. The second-order valence-corrected chi connectivity index (χ2v) is 4.40. The first-order valence-electron chi connectivity index (χ1n) is 5.85. The summed E-state index contributed by atoms with van der Waals surface area (Å²) >= 11 is 0. The molecule has 0 amide bonds. The highest BCUT2D eigenvalue weighted by Gasteiger charge is 2.14. The third kappa shape index (κ3) is 2.78. The highest BCUT2D eigenvalue weighted by Crippen LogP contribution is 2.25. The van der Waals surface area contributed by atoms with Gasteiger partial charge in [0.1, 0.15) is 5.75 Å². The van der Waals surface area contributed by atoms with E-state index in [4.69, 9.17) is 4.74 Å². The van der Waals surface area contributed by atoms with Crippen molar-refractivity contribution in [3.05, 3.63) is 36.4 Å². The van der Waals surface area contributed by atoms with Gasteiger partial charge in [0.25, 0.3) is 0 Å². The van der Waals surface area contributed by atoms with Crippen LogP contribution < -0.4 is 10.1 Å². The molecule has 1 saturated carbocycles. The van der Waals surface area contributed by atoms with E-state index in [0.717, 1.165) is 18.6 Å². The summed E-state index contributed by atoms with van der Waals surface area (Å²) in [6.45, 7) is 4.03. The van der Waals surface area contributed by atoms with Crippen molar-refractivity contribution in [1.82, 2.24) is 0 Å². The van der Waals surface area contributed by atoms with Gasteiger partial charge in [0.05, 0.1) is 7.11 Å². The van der Waals surface area contributed by atoms with Crippen LogP contribution in [0.25, 0.3) is 0 Å². The summed E-state index contributed by atoms with van der Waals surface area (Å²) < 4.78 is 5.13. The van der Waals surface area contributed by atoms with Gasteiger partial charge in [-0.3, -0.25) is 0 Å². The Labute approximate surface area is 97.3 Å². The normalized spacial score (nSPS) is 17.2. The lowest BCUT2D eigenvalue weighted by Crippen LogP contribution is -2.22. The molecule has 1 aliphatic rings. The predicted molar refractivity (Wildman–Crippen MR) is 68.0 cm³/mol. The SMILES string of the molecule is C=C1CCC(Nc2ccc(OC)cc2)CC1. The van der Waals surface area contributed by atoms with Crippen LogP contribution in [0, 0.1) is 0 Å². The van der Waals surface area contributed by atoms with Gasteiger partial charge >= 0.3 is 0 Å². The van der Waals surface area contributed by atoms with E-state index >= 15 is 0 Å². The van der Waals surface area contributed by atoms with Crippen LogP contribution >= 0.6 is 0 Å². The average Bonchev–Trinajstić information content (AvgIpc) is 2.33. The molecule has 0 atom stereocenters. The zero-order valence-corrected chi connectivity index (χ0v) is 9.83. The third-order valence-electron chi connectivity index (χ3n) is 3.15. The molecule has 1 N–H and O–H groups in total. The van der Waals surface area contributed by atoms with Crippen molar-refractivity contribution in [3.8, 4) is 5.75 Å². The summed E-state index contributed by atoms with van der Waals surface area (Å²) in [5.74, 6) is 0.905. The topological polar surface area (TPSA) is 21.3 Å². The Bertz CT molecular complexity index is 346. The smallest absolute Gasteiger partial charge is 0.119 e. The minimum atomic E-state index is 0.596. The van der Waals surface area contributed by atoms with Crippen molar-refractivity contribution >= 4 is 5.69 Å². The predicted octanol–water partition coefficient (Wildman–Crippen LogP) is 3.61. The monoisotopic (exact) mass is 217 g/mol. The molecule has 1 aliphatic carbocycles. The lowest BCUT2D eigenvalue weighted by atomic mass is 9.92. The van der Waals surface area contributed by atoms with E-state index in [-0.39, 0.29) is 0 Å². The molecule has 0 aromatic heterocycles. The summed E-state index contributed by atoms with van der Waals surface area (Å²) in [5, 5.41) is 3.56. The first-order chi connectivity index (χ1) is 7.78. The van der Waals surface area contributed by atoms with Crippen LogP contribution in [0.2, 0.25) is 0 Å². The molecule has 0 heterocycles. The van der Waals surface area contributed by atoms with E-state index < -0.39 is 0 Å². The highest BCUT2D eigenvalue weighted by molar-refractivity contribution is 5.47. The third-order valence-corrected chi connectivity index (χ3v) is 3.15.